The maximum absolute atomic E-state index is 12.4. The van der Waals surface area contributed by atoms with Crippen LogP contribution in [-0.2, 0) is 0 Å². The van der Waals surface area contributed by atoms with E-state index in [0.29, 0.717) is 6.42 Å². The number of phenols is 1. The van der Waals surface area contributed by atoms with Crippen LogP contribution in [0, 0.1) is 13.8 Å². The molecule has 1 aromatic rings. The van der Waals surface area contributed by atoms with Crippen molar-refractivity contribution in [3.05, 3.63) is 28.8 Å². The molecular weight excluding hydrogens is 392 g/mol. The Bertz CT molecular complexity index is 605. The van der Waals surface area contributed by atoms with E-state index in [9.17, 15) is 9.90 Å². The van der Waals surface area contributed by atoms with Gasteiger partial charge in [-0.1, -0.05) is 122 Å². The SMILES string of the molecule is CCCCCCCCCCCCCCCCCCCCCC(=O)c1cc(C)c(O)cc1C. The standard InChI is InChI=1S/C30H52O2/c1-4-5-6-7-8-9-10-11-12-13-14-15-16-17-18-19-20-21-22-23-29(31)28-24-27(3)30(32)25-26(28)2/h24-25,32H,4-23H2,1-3H3. The Balaban J connectivity index is 1.85. The summed E-state index contributed by atoms with van der Waals surface area (Å²) in [6.45, 7) is 6.04. The number of aryl methyl sites for hydroxylation is 2. The molecule has 0 radical (unpaired) electrons. The topological polar surface area (TPSA) is 37.3 Å². The van der Waals surface area contributed by atoms with E-state index < -0.39 is 0 Å². The van der Waals surface area contributed by atoms with E-state index in [2.05, 4.69) is 6.92 Å². The number of aromatic hydroxyl groups is 1. The molecule has 0 unspecified atom stereocenters. The lowest BCUT2D eigenvalue weighted by Gasteiger charge is -2.08. The fraction of sp³-hybridized carbons (Fsp3) is 0.767. The molecule has 0 bridgehead atoms. The minimum Gasteiger partial charge on any atom is -0.508 e. The molecule has 0 saturated heterocycles. The zero-order valence-electron chi connectivity index (χ0n) is 21.7. The normalized spacial score (nSPS) is 11.2. The summed E-state index contributed by atoms with van der Waals surface area (Å²) in [7, 11) is 0. The van der Waals surface area contributed by atoms with Crippen LogP contribution in [0.15, 0.2) is 12.1 Å². The molecule has 2 nitrogen and oxygen atoms in total. The van der Waals surface area contributed by atoms with Gasteiger partial charge in [0.1, 0.15) is 5.75 Å². The van der Waals surface area contributed by atoms with Crippen LogP contribution in [0.3, 0.4) is 0 Å². The van der Waals surface area contributed by atoms with E-state index in [1.807, 2.05) is 19.9 Å². The molecule has 0 spiro atoms. The fourth-order valence-corrected chi connectivity index (χ4v) is 4.60. The van der Waals surface area contributed by atoms with E-state index in [0.717, 1.165) is 29.5 Å². The van der Waals surface area contributed by atoms with Crippen molar-refractivity contribution in [3.63, 3.8) is 0 Å². The summed E-state index contributed by atoms with van der Waals surface area (Å²) in [6, 6.07) is 3.54. The maximum Gasteiger partial charge on any atom is 0.163 e. The molecule has 0 atom stereocenters. The van der Waals surface area contributed by atoms with Crippen LogP contribution in [0.25, 0.3) is 0 Å². The molecule has 0 aromatic heterocycles. The molecule has 184 valence electrons. The molecule has 1 N–H and O–H groups in total. The van der Waals surface area contributed by atoms with Crippen LogP contribution in [0.1, 0.15) is 157 Å². The van der Waals surface area contributed by atoms with Crippen molar-refractivity contribution in [2.45, 2.75) is 149 Å². The van der Waals surface area contributed by atoms with E-state index in [4.69, 9.17) is 0 Å². The predicted molar refractivity (Wildman–Crippen MR) is 140 cm³/mol. The summed E-state index contributed by atoms with van der Waals surface area (Å²) in [5, 5.41) is 9.74. The van der Waals surface area contributed by atoms with Crippen LogP contribution in [0.4, 0.5) is 0 Å². The Hall–Kier alpha value is -1.31. The lowest BCUT2D eigenvalue weighted by atomic mass is 9.97. The third-order valence-corrected chi connectivity index (χ3v) is 6.85. The molecule has 1 rings (SSSR count). The number of benzene rings is 1. The Kier molecular flexibility index (Phi) is 17.2. The average Bonchev–Trinajstić information content (AvgIpc) is 2.77. The molecule has 2 heteroatoms. The van der Waals surface area contributed by atoms with Gasteiger partial charge in [-0.3, -0.25) is 4.79 Å². The molecule has 0 heterocycles. The Morgan fingerprint density at radius 3 is 1.38 bits per heavy atom. The maximum atomic E-state index is 12.4. The Morgan fingerprint density at radius 2 is 0.969 bits per heavy atom. The van der Waals surface area contributed by atoms with Crippen LogP contribution in [-0.4, -0.2) is 10.9 Å². The number of carbonyl (C=O) groups is 1. The average molecular weight is 445 g/mol. The molecule has 0 amide bonds. The number of ketones is 1. The van der Waals surface area contributed by atoms with Gasteiger partial charge in [0.25, 0.3) is 0 Å². The number of unbranched alkanes of at least 4 members (excludes halogenated alkanes) is 18. The van der Waals surface area contributed by atoms with Crippen LogP contribution >= 0.6 is 0 Å². The Morgan fingerprint density at radius 1 is 0.594 bits per heavy atom. The van der Waals surface area contributed by atoms with Gasteiger partial charge in [-0.25, -0.2) is 0 Å². The zero-order valence-corrected chi connectivity index (χ0v) is 21.7. The van der Waals surface area contributed by atoms with Crippen LogP contribution in [0.2, 0.25) is 0 Å². The number of hydrogen-bond donors (Lipinski definition) is 1. The van der Waals surface area contributed by atoms with E-state index in [1.165, 1.54) is 109 Å². The van der Waals surface area contributed by atoms with Crippen molar-refractivity contribution in [2.75, 3.05) is 0 Å². The highest BCUT2D eigenvalue weighted by atomic mass is 16.3. The van der Waals surface area contributed by atoms with Crippen molar-refractivity contribution in [1.82, 2.24) is 0 Å². The minimum absolute atomic E-state index is 0.220. The van der Waals surface area contributed by atoms with Crippen LogP contribution in [0.5, 0.6) is 5.75 Å². The first-order chi connectivity index (χ1) is 15.6. The van der Waals surface area contributed by atoms with Gasteiger partial charge in [-0.15, -0.1) is 0 Å². The number of carbonyl (C=O) groups excluding carboxylic acids is 1. The van der Waals surface area contributed by atoms with Crippen molar-refractivity contribution in [2.24, 2.45) is 0 Å². The van der Waals surface area contributed by atoms with Gasteiger partial charge in [0.05, 0.1) is 0 Å². The van der Waals surface area contributed by atoms with Gasteiger partial charge in [-0.05, 0) is 43.5 Å². The van der Waals surface area contributed by atoms with E-state index in [1.54, 1.807) is 6.07 Å². The fourth-order valence-electron chi connectivity index (χ4n) is 4.60. The highest BCUT2D eigenvalue weighted by Gasteiger charge is 2.11. The van der Waals surface area contributed by atoms with Crippen molar-refractivity contribution in [3.8, 4) is 5.75 Å². The highest BCUT2D eigenvalue weighted by Crippen LogP contribution is 2.23. The second-order valence-electron chi connectivity index (χ2n) is 9.99. The molecular formula is C30H52O2. The number of hydrogen-bond acceptors (Lipinski definition) is 2. The van der Waals surface area contributed by atoms with Crippen molar-refractivity contribution in [1.29, 1.82) is 0 Å². The molecule has 32 heavy (non-hydrogen) atoms. The molecule has 0 aliphatic carbocycles. The molecule has 0 aliphatic heterocycles. The number of rotatable bonds is 21. The highest BCUT2D eigenvalue weighted by molar-refractivity contribution is 5.97. The van der Waals surface area contributed by atoms with Crippen molar-refractivity contribution < 1.29 is 9.90 Å². The summed E-state index contributed by atoms with van der Waals surface area (Å²) in [6.07, 6.45) is 26.6. The van der Waals surface area contributed by atoms with Gasteiger partial charge in [0, 0.05) is 12.0 Å². The van der Waals surface area contributed by atoms with Gasteiger partial charge in [0.15, 0.2) is 5.78 Å². The third kappa shape index (κ3) is 14.0. The first kappa shape index (κ1) is 28.7. The summed E-state index contributed by atoms with van der Waals surface area (Å²) in [4.78, 5) is 12.4. The molecule has 0 aliphatic rings. The second-order valence-corrected chi connectivity index (χ2v) is 9.99. The summed E-state index contributed by atoms with van der Waals surface area (Å²) in [5.74, 6) is 0.500. The van der Waals surface area contributed by atoms with Gasteiger partial charge in [0.2, 0.25) is 0 Å². The lowest BCUT2D eigenvalue weighted by Crippen LogP contribution is -2.02. The number of phenolic OH excluding ortho intramolecular Hbond substituents is 1. The first-order valence-corrected chi connectivity index (χ1v) is 13.9. The van der Waals surface area contributed by atoms with E-state index in [-0.39, 0.29) is 11.5 Å². The Labute approximate surface area is 199 Å². The second kappa shape index (κ2) is 19.2. The third-order valence-electron chi connectivity index (χ3n) is 6.85. The quantitative estimate of drug-likeness (QED) is 0.151. The number of Topliss-reactive ketones (excluding diaryl/α,β-unsaturated/α-hetero) is 1. The molecule has 0 saturated carbocycles. The summed E-state index contributed by atoms with van der Waals surface area (Å²) >= 11 is 0. The van der Waals surface area contributed by atoms with Crippen LogP contribution < -0.4 is 0 Å². The zero-order chi connectivity index (χ0) is 23.4. The van der Waals surface area contributed by atoms with Gasteiger partial charge >= 0.3 is 0 Å². The minimum atomic E-state index is 0.220. The molecule has 1 aromatic carbocycles. The van der Waals surface area contributed by atoms with Crippen molar-refractivity contribution >= 4 is 5.78 Å². The van der Waals surface area contributed by atoms with Gasteiger partial charge < -0.3 is 5.11 Å². The summed E-state index contributed by atoms with van der Waals surface area (Å²) < 4.78 is 0. The predicted octanol–water partition coefficient (Wildman–Crippen LogP) is 10.0. The monoisotopic (exact) mass is 444 g/mol. The van der Waals surface area contributed by atoms with E-state index >= 15 is 0 Å². The lowest BCUT2D eigenvalue weighted by molar-refractivity contribution is 0.0978. The summed E-state index contributed by atoms with van der Waals surface area (Å²) in [5.41, 5.74) is 2.45. The van der Waals surface area contributed by atoms with Gasteiger partial charge in [-0.2, -0.15) is 0 Å². The largest absolute Gasteiger partial charge is 0.508 e. The molecule has 0 fully saturated rings. The smallest absolute Gasteiger partial charge is 0.163 e. The first-order valence-electron chi connectivity index (χ1n) is 13.9.